The van der Waals surface area contributed by atoms with Gasteiger partial charge in [-0.2, -0.15) is 0 Å². The van der Waals surface area contributed by atoms with E-state index in [1.165, 1.54) is 11.1 Å². The summed E-state index contributed by atoms with van der Waals surface area (Å²) >= 11 is 3.38. The lowest BCUT2D eigenvalue weighted by atomic mass is 9.87. The van der Waals surface area contributed by atoms with Gasteiger partial charge in [-0.05, 0) is 93.2 Å². The fourth-order valence-corrected chi connectivity index (χ4v) is 3.94. The molecule has 0 aliphatic heterocycles. The summed E-state index contributed by atoms with van der Waals surface area (Å²) in [4.78, 5) is 14.5. The first-order chi connectivity index (χ1) is 13.0. The van der Waals surface area contributed by atoms with Crippen LogP contribution in [0.2, 0.25) is 0 Å². The van der Waals surface area contributed by atoms with Gasteiger partial charge >= 0.3 is 0 Å². The topological polar surface area (TPSA) is 52.6 Å². The summed E-state index contributed by atoms with van der Waals surface area (Å²) in [5.41, 5.74) is 3.34. The fourth-order valence-electron chi connectivity index (χ4n) is 3.67. The van der Waals surface area contributed by atoms with Crippen molar-refractivity contribution in [1.82, 2.24) is 10.2 Å². The molecule has 0 aromatic heterocycles. The molecule has 5 heteroatoms. The summed E-state index contributed by atoms with van der Waals surface area (Å²) in [6.45, 7) is 1.72. The molecule has 2 N–H and O–H groups in total. The van der Waals surface area contributed by atoms with Crippen molar-refractivity contribution in [3.8, 4) is 5.75 Å². The average molecular weight is 431 g/mol. The first kappa shape index (κ1) is 19.9. The highest BCUT2D eigenvalue weighted by atomic mass is 79.9. The van der Waals surface area contributed by atoms with Gasteiger partial charge in [-0.3, -0.25) is 4.79 Å². The molecule has 0 unspecified atom stereocenters. The third-order valence-electron chi connectivity index (χ3n) is 5.35. The summed E-state index contributed by atoms with van der Waals surface area (Å²) in [7, 11) is 2.18. The van der Waals surface area contributed by atoms with E-state index in [4.69, 9.17) is 0 Å². The average Bonchev–Trinajstić information content (AvgIpc) is 2.67. The zero-order valence-electron chi connectivity index (χ0n) is 15.7. The molecule has 0 saturated carbocycles. The van der Waals surface area contributed by atoms with Gasteiger partial charge in [0.1, 0.15) is 5.75 Å². The van der Waals surface area contributed by atoms with Crippen LogP contribution in [0.1, 0.15) is 40.7 Å². The number of unbranched alkanes of at least 4 members (excludes halogenated alkanes) is 1. The Balaban J connectivity index is 1.37. The van der Waals surface area contributed by atoms with E-state index in [1.54, 1.807) is 6.07 Å². The van der Waals surface area contributed by atoms with Crippen LogP contribution in [0.15, 0.2) is 46.9 Å². The quantitative estimate of drug-likeness (QED) is 0.648. The van der Waals surface area contributed by atoms with E-state index >= 15 is 0 Å². The molecule has 2 aromatic rings. The van der Waals surface area contributed by atoms with Crippen LogP contribution in [0.4, 0.5) is 0 Å². The molecule has 2 aromatic carbocycles. The van der Waals surface area contributed by atoms with E-state index in [9.17, 15) is 9.90 Å². The predicted octanol–water partition coefficient (Wildman–Crippen LogP) is 4.15. The van der Waals surface area contributed by atoms with Gasteiger partial charge in [0.05, 0.1) is 0 Å². The molecule has 1 atom stereocenters. The number of nitrogens with one attached hydrogen (secondary N) is 1. The highest BCUT2D eigenvalue weighted by molar-refractivity contribution is 9.10. The number of phenols is 1. The highest BCUT2D eigenvalue weighted by Crippen LogP contribution is 2.27. The van der Waals surface area contributed by atoms with Crippen molar-refractivity contribution in [3.05, 3.63) is 63.6 Å². The van der Waals surface area contributed by atoms with Gasteiger partial charge in [0.15, 0.2) is 0 Å². The largest absolute Gasteiger partial charge is 0.508 e. The Morgan fingerprint density at radius 3 is 2.74 bits per heavy atom. The number of likely N-dealkylation sites (N-methyl/N-ethyl adjacent to an activating group) is 1. The van der Waals surface area contributed by atoms with E-state index in [0.717, 1.165) is 43.1 Å². The standard InChI is InChI=1S/C22H27BrN2O2/c1-25(20-10-6-16-7-11-21(26)15-18(16)14-20)13-3-2-12-24-22(27)17-4-8-19(23)9-5-17/h4-5,7-9,11,15,20,26H,2-3,6,10,12-14H2,1H3,(H,24,27)/t20-/m1/s1. The van der Waals surface area contributed by atoms with Crippen molar-refractivity contribution in [2.45, 2.75) is 38.1 Å². The van der Waals surface area contributed by atoms with E-state index in [0.29, 0.717) is 23.9 Å². The number of amides is 1. The molecular formula is C22H27BrN2O2. The minimum atomic E-state index is -0.0143. The van der Waals surface area contributed by atoms with Crippen LogP contribution >= 0.6 is 15.9 Å². The molecule has 1 amide bonds. The van der Waals surface area contributed by atoms with Gasteiger partial charge in [0.2, 0.25) is 0 Å². The number of halogens is 1. The maximum atomic E-state index is 12.1. The normalized spacial score (nSPS) is 16.2. The number of fused-ring (bicyclic) bond motifs is 1. The summed E-state index contributed by atoms with van der Waals surface area (Å²) in [6.07, 6.45) is 5.26. The van der Waals surface area contributed by atoms with E-state index in [2.05, 4.69) is 39.3 Å². The second kappa shape index (κ2) is 9.38. The van der Waals surface area contributed by atoms with Crippen LogP contribution in [0.25, 0.3) is 0 Å². The van der Waals surface area contributed by atoms with E-state index in [-0.39, 0.29) is 5.91 Å². The highest BCUT2D eigenvalue weighted by Gasteiger charge is 2.22. The molecule has 0 radical (unpaired) electrons. The van der Waals surface area contributed by atoms with Gasteiger partial charge in [-0.25, -0.2) is 0 Å². The molecule has 0 spiro atoms. The van der Waals surface area contributed by atoms with E-state index < -0.39 is 0 Å². The maximum Gasteiger partial charge on any atom is 0.251 e. The van der Waals surface area contributed by atoms with Gasteiger partial charge < -0.3 is 15.3 Å². The summed E-state index contributed by atoms with van der Waals surface area (Å²) < 4.78 is 0.975. The number of hydrogen-bond acceptors (Lipinski definition) is 3. The molecule has 0 saturated heterocycles. The lowest BCUT2D eigenvalue weighted by Crippen LogP contribution is -2.37. The monoisotopic (exact) mass is 430 g/mol. The Morgan fingerprint density at radius 1 is 1.19 bits per heavy atom. The van der Waals surface area contributed by atoms with Crippen molar-refractivity contribution < 1.29 is 9.90 Å². The molecule has 4 nitrogen and oxygen atoms in total. The minimum Gasteiger partial charge on any atom is -0.508 e. The number of benzene rings is 2. The van der Waals surface area contributed by atoms with Gasteiger partial charge in [-0.15, -0.1) is 0 Å². The number of hydrogen-bond donors (Lipinski definition) is 2. The lowest BCUT2D eigenvalue weighted by molar-refractivity contribution is 0.0952. The van der Waals surface area contributed by atoms with Crippen LogP contribution < -0.4 is 5.32 Å². The minimum absolute atomic E-state index is 0.0143. The second-order valence-electron chi connectivity index (χ2n) is 7.30. The first-order valence-electron chi connectivity index (χ1n) is 9.57. The molecule has 144 valence electrons. The Kier molecular flexibility index (Phi) is 6.91. The number of carbonyl (C=O) groups excluding carboxylic acids is 1. The van der Waals surface area contributed by atoms with Crippen LogP contribution in [-0.2, 0) is 12.8 Å². The third-order valence-corrected chi connectivity index (χ3v) is 5.87. The molecule has 0 heterocycles. The van der Waals surface area contributed by atoms with Crippen molar-refractivity contribution >= 4 is 21.8 Å². The number of phenolic OH excluding ortho intramolecular Hbond substituents is 1. The number of aryl methyl sites for hydroxylation is 1. The van der Waals surface area contributed by atoms with Crippen molar-refractivity contribution in [2.75, 3.05) is 20.1 Å². The molecule has 0 bridgehead atoms. The molecule has 3 rings (SSSR count). The summed E-state index contributed by atoms with van der Waals surface area (Å²) in [6, 6.07) is 13.7. The Labute approximate surface area is 169 Å². The van der Waals surface area contributed by atoms with Crippen LogP contribution in [0.5, 0.6) is 5.75 Å². The predicted molar refractivity (Wildman–Crippen MR) is 112 cm³/mol. The first-order valence-corrected chi connectivity index (χ1v) is 10.4. The maximum absolute atomic E-state index is 12.1. The van der Waals surface area contributed by atoms with Gasteiger partial charge in [0.25, 0.3) is 5.91 Å². The molecular weight excluding hydrogens is 404 g/mol. The van der Waals surface area contributed by atoms with Crippen molar-refractivity contribution in [2.24, 2.45) is 0 Å². The summed E-state index contributed by atoms with van der Waals surface area (Å²) in [5.74, 6) is 0.345. The number of rotatable bonds is 7. The molecule has 1 aliphatic carbocycles. The molecule has 27 heavy (non-hydrogen) atoms. The van der Waals surface area contributed by atoms with Crippen molar-refractivity contribution in [1.29, 1.82) is 0 Å². The second-order valence-corrected chi connectivity index (χ2v) is 8.22. The number of aromatic hydroxyl groups is 1. The fraction of sp³-hybridized carbons (Fsp3) is 0.409. The SMILES string of the molecule is CN(CCCCNC(=O)c1ccc(Br)cc1)[C@@H]1CCc2ccc(O)cc2C1. The third kappa shape index (κ3) is 5.56. The lowest BCUT2D eigenvalue weighted by Gasteiger charge is -2.32. The Morgan fingerprint density at radius 2 is 1.96 bits per heavy atom. The van der Waals surface area contributed by atoms with Crippen LogP contribution in [0.3, 0.4) is 0 Å². The zero-order valence-corrected chi connectivity index (χ0v) is 17.3. The van der Waals surface area contributed by atoms with Crippen LogP contribution in [0, 0.1) is 0 Å². The summed E-state index contributed by atoms with van der Waals surface area (Å²) in [5, 5.41) is 12.7. The Bertz CT molecular complexity index is 776. The number of carbonyl (C=O) groups is 1. The van der Waals surface area contributed by atoms with Crippen molar-refractivity contribution in [3.63, 3.8) is 0 Å². The molecule has 1 aliphatic rings. The Hall–Kier alpha value is -1.85. The molecule has 0 fully saturated rings. The smallest absolute Gasteiger partial charge is 0.251 e. The van der Waals surface area contributed by atoms with Gasteiger partial charge in [-0.1, -0.05) is 22.0 Å². The van der Waals surface area contributed by atoms with E-state index in [1.807, 2.05) is 30.3 Å². The number of nitrogens with zero attached hydrogens (tertiary/aromatic N) is 1. The zero-order chi connectivity index (χ0) is 19.2. The van der Waals surface area contributed by atoms with Gasteiger partial charge in [0, 0.05) is 22.6 Å². The van der Waals surface area contributed by atoms with Crippen LogP contribution in [-0.4, -0.2) is 42.1 Å².